The van der Waals surface area contributed by atoms with Gasteiger partial charge < -0.3 is 5.32 Å². The molecule has 0 amide bonds. The van der Waals surface area contributed by atoms with Gasteiger partial charge in [0, 0.05) is 12.3 Å². The fourth-order valence-electron chi connectivity index (χ4n) is 1.82. The van der Waals surface area contributed by atoms with Crippen molar-refractivity contribution in [2.45, 2.75) is 19.4 Å². The van der Waals surface area contributed by atoms with Gasteiger partial charge in [0.2, 0.25) is 0 Å². The van der Waals surface area contributed by atoms with Crippen molar-refractivity contribution in [1.29, 1.82) is 0 Å². The van der Waals surface area contributed by atoms with E-state index in [1.54, 1.807) is 6.20 Å². The van der Waals surface area contributed by atoms with Crippen molar-refractivity contribution in [3.63, 3.8) is 0 Å². The molecule has 65 valence electrons. The van der Waals surface area contributed by atoms with Crippen LogP contribution in [0.5, 0.6) is 0 Å². The molecule has 3 nitrogen and oxygen atoms in total. The van der Waals surface area contributed by atoms with Gasteiger partial charge in [-0.25, -0.2) is 0 Å². The Hall–Kier alpha value is -0.830. The molecule has 3 heteroatoms. The van der Waals surface area contributed by atoms with Gasteiger partial charge in [0.25, 0.3) is 0 Å². The number of hydrogen-bond donors (Lipinski definition) is 1. The molecule has 0 saturated carbocycles. The molecule has 12 heavy (non-hydrogen) atoms. The second kappa shape index (κ2) is 3.27. The third-order valence-electron chi connectivity index (χ3n) is 2.55. The normalized spacial score (nSPS) is 30.4. The quantitative estimate of drug-likeness (QED) is 0.667. The van der Waals surface area contributed by atoms with E-state index < -0.39 is 0 Å². The number of nitrogens with zero attached hydrogens (tertiary/aromatic N) is 2. The molecule has 2 heterocycles. The van der Waals surface area contributed by atoms with Gasteiger partial charge in [-0.1, -0.05) is 6.92 Å². The standard InChI is InChI=1S/C9H14N3/c1-8-7-10-5-3-9(8)12-6-2-4-11-12/h4,6,8-10H,3,5,7H2,1H3. The summed E-state index contributed by atoms with van der Waals surface area (Å²) >= 11 is 0. The van der Waals surface area contributed by atoms with Gasteiger partial charge in [-0.3, -0.25) is 4.68 Å². The lowest BCUT2D eigenvalue weighted by Gasteiger charge is -2.29. The van der Waals surface area contributed by atoms with E-state index in [1.165, 1.54) is 6.42 Å². The maximum atomic E-state index is 4.22. The average Bonchev–Trinajstić information content (AvgIpc) is 2.57. The van der Waals surface area contributed by atoms with Gasteiger partial charge in [0.05, 0.1) is 12.2 Å². The summed E-state index contributed by atoms with van der Waals surface area (Å²) in [5, 5.41) is 7.60. The maximum absolute atomic E-state index is 4.22. The first-order valence-electron chi connectivity index (χ1n) is 4.49. The minimum atomic E-state index is 0.567. The summed E-state index contributed by atoms with van der Waals surface area (Å²) in [5.74, 6) is 0.673. The van der Waals surface area contributed by atoms with Crippen LogP contribution in [0.15, 0.2) is 12.4 Å². The van der Waals surface area contributed by atoms with Gasteiger partial charge in [-0.15, -0.1) is 0 Å². The number of nitrogens with one attached hydrogen (secondary N) is 1. The lowest BCUT2D eigenvalue weighted by molar-refractivity contribution is 0.255. The Balaban J connectivity index is 2.11. The molecular formula is C9H14N3. The minimum Gasteiger partial charge on any atom is -0.316 e. The molecule has 1 aromatic rings. The third-order valence-corrected chi connectivity index (χ3v) is 2.55. The van der Waals surface area contributed by atoms with Gasteiger partial charge in [0.1, 0.15) is 0 Å². The largest absolute Gasteiger partial charge is 0.316 e. The molecule has 1 aliphatic heterocycles. The van der Waals surface area contributed by atoms with E-state index in [-0.39, 0.29) is 0 Å². The summed E-state index contributed by atoms with van der Waals surface area (Å²) in [6, 6.07) is 3.55. The molecule has 0 aromatic carbocycles. The SMILES string of the molecule is CC1CNCCC1n1c[c]cn1. The van der Waals surface area contributed by atoms with E-state index in [0.717, 1.165) is 13.1 Å². The summed E-state index contributed by atoms with van der Waals surface area (Å²) in [5.41, 5.74) is 0. The molecule has 0 aliphatic carbocycles. The van der Waals surface area contributed by atoms with Crippen molar-refractivity contribution in [2.75, 3.05) is 13.1 Å². The average molecular weight is 164 g/mol. The van der Waals surface area contributed by atoms with E-state index in [1.807, 2.05) is 10.9 Å². The molecule has 2 rings (SSSR count). The number of piperidine rings is 1. The maximum Gasteiger partial charge on any atom is 0.0569 e. The second-order valence-electron chi connectivity index (χ2n) is 3.46. The highest BCUT2D eigenvalue weighted by Gasteiger charge is 2.22. The first kappa shape index (κ1) is 7.80. The Labute approximate surface area is 72.8 Å². The smallest absolute Gasteiger partial charge is 0.0569 e. The summed E-state index contributed by atoms with van der Waals surface area (Å²) in [6.45, 7) is 4.47. The second-order valence-corrected chi connectivity index (χ2v) is 3.46. The van der Waals surface area contributed by atoms with Crippen LogP contribution in [0.1, 0.15) is 19.4 Å². The summed E-state index contributed by atoms with van der Waals surface area (Å²) in [7, 11) is 0. The van der Waals surface area contributed by atoms with Crippen molar-refractivity contribution in [3.05, 3.63) is 18.5 Å². The molecule has 1 aromatic heterocycles. The van der Waals surface area contributed by atoms with E-state index >= 15 is 0 Å². The molecule has 1 N–H and O–H groups in total. The highest BCUT2D eigenvalue weighted by molar-refractivity contribution is 4.84. The van der Waals surface area contributed by atoms with E-state index in [4.69, 9.17) is 0 Å². The molecule has 2 unspecified atom stereocenters. The zero-order valence-electron chi connectivity index (χ0n) is 7.33. The zero-order valence-corrected chi connectivity index (χ0v) is 7.33. The minimum absolute atomic E-state index is 0.567. The predicted molar refractivity (Wildman–Crippen MR) is 46.8 cm³/mol. The van der Waals surface area contributed by atoms with Crippen LogP contribution < -0.4 is 5.32 Å². The molecule has 1 aliphatic rings. The zero-order chi connectivity index (χ0) is 8.39. The van der Waals surface area contributed by atoms with Crippen molar-refractivity contribution in [2.24, 2.45) is 5.92 Å². The first-order chi connectivity index (χ1) is 5.88. The van der Waals surface area contributed by atoms with Crippen LogP contribution in [0.4, 0.5) is 0 Å². The number of aromatic nitrogens is 2. The van der Waals surface area contributed by atoms with Crippen LogP contribution in [0, 0.1) is 12.0 Å². The molecule has 1 fully saturated rings. The number of hydrogen-bond acceptors (Lipinski definition) is 2. The number of rotatable bonds is 1. The van der Waals surface area contributed by atoms with Crippen LogP contribution in [-0.2, 0) is 0 Å². The lowest BCUT2D eigenvalue weighted by Crippen LogP contribution is -2.36. The highest BCUT2D eigenvalue weighted by Crippen LogP contribution is 2.22. The molecule has 1 radical (unpaired) electrons. The monoisotopic (exact) mass is 164 g/mol. The third kappa shape index (κ3) is 1.37. The Morgan fingerprint density at radius 2 is 2.58 bits per heavy atom. The highest BCUT2D eigenvalue weighted by atomic mass is 15.3. The first-order valence-corrected chi connectivity index (χ1v) is 4.49. The summed E-state index contributed by atoms with van der Waals surface area (Å²) < 4.78 is 2.03. The van der Waals surface area contributed by atoms with E-state index in [2.05, 4.69) is 23.4 Å². The van der Waals surface area contributed by atoms with Crippen molar-refractivity contribution in [1.82, 2.24) is 15.1 Å². The van der Waals surface area contributed by atoms with Crippen LogP contribution in [-0.4, -0.2) is 22.9 Å². The van der Waals surface area contributed by atoms with Crippen LogP contribution in [0.3, 0.4) is 0 Å². The Morgan fingerprint density at radius 3 is 3.25 bits per heavy atom. The summed E-state index contributed by atoms with van der Waals surface area (Å²) in [6.07, 6.45) is 4.85. The van der Waals surface area contributed by atoms with Crippen molar-refractivity contribution in [3.8, 4) is 0 Å². The van der Waals surface area contributed by atoms with E-state index in [9.17, 15) is 0 Å². The Bertz CT molecular complexity index is 230. The van der Waals surface area contributed by atoms with Crippen LogP contribution >= 0.6 is 0 Å². The Morgan fingerprint density at radius 1 is 1.67 bits per heavy atom. The molecule has 0 spiro atoms. The molecule has 2 atom stereocenters. The van der Waals surface area contributed by atoms with Gasteiger partial charge in [0.15, 0.2) is 0 Å². The molecule has 1 saturated heterocycles. The van der Waals surface area contributed by atoms with Crippen molar-refractivity contribution < 1.29 is 0 Å². The fraction of sp³-hybridized carbons (Fsp3) is 0.667. The van der Waals surface area contributed by atoms with Crippen molar-refractivity contribution >= 4 is 0 Å². The molecular weight excluding hydrogens is 150 g/mol. The topological polar surface area (TPSA) is 29.9 Å². The van der Waals surface area contributed by atoms with Gasteiger partial charge in [-0.2, -0.15) is 5.10 Å². The fourth-order valence-corrected chi connectivity index (χ4v) is 1.82. The molecule has 0 bridgehead atoms. The van der Waals surface area contributed by atoms with Crippen LogP contribution in [0.2, 0.25) is 0 Å². The van der Waals surface area contributed by atoms with E-state index in [0.29, 0.717) is 12.0 Å². The predicted octanol–water partition coefficient (Wildman–Crippen LogP) is 0.854. The lowest BCUT2D eigenvalue weighted by atomic mass is 9.96. The van der Waals surface area contributed by atoms with Gasteiger partial charge in [-0.05, 0) is 25.4 Å². The summed E-state index contributed by atoms with van der Waals surface area (Å²) in [4.78, 5) is 0. The van der Waals surface area contributed by atoms with Gasteiger partial charge >= 0.3 is 0 Å². The van der Waals surface area contributed by atoms with Crippen LogP contribution in [0.25, 0.3) is 0 Å². The Kier molecular flexibility index (Phi) is 2.13.